The van der Waals surface area contributed by atoms with Crippen LogP contribution in [0.4, 0.5) is 0 Å². The molecule has 68 valence electrons. The predicted octanol–water partition coefficient (Wildman–Crippen LogP) is 1.41. The van der Waals surface area contributed by atoms with E-state index in [0.29, 0.717) is 0 Å². The minimum absolute atomic E-state index is 1.50. The molecule has 0 bridgehead atoms. The highest BCUT2D eigenvalue weighted by molar-refractivity contribution is 7.45. The zero-order chi connectivity index (χ0) is 8.74. The molecule has 0 aliphatic heterocycles. The van der Waals surface area contributed by atoms with Gasteiger partial charge in [-0.05, 0) is 0 Å². The summed E-state index contributed by atoms with van der Waals surface area (Å²) in [6.07, 6.45) is 9.00. The number of rotatable bonds is 0. The summed E-state index contributed by atoms with van der Waals surface area (Å²) >= 11 is 0. The summed E-state index contributed by atoms with van der Waals surface area (Å²) < 4.78 is 8.88. The summed E-state index contributed by atoms with van der Waals surface area (Å²) in [5, 5.41) is 0. The molecule has 0 heterocycles. The van der Waals surface area contributed by atoms with E-state index in [1.54, 1.807) is 0 Å². The van der Waals surface area contributed by atoms with Crippen molar-refractivity contribution >= 4 is 7.82 Å². The third kappa shape index (κ3) is 17.8. The summed E-state index contributed by atoms with van der Waals surface area (Å²) in [5.41, 5.74) is 0. The Morgan fingerprint density at radius 3 is 0.909 bits per heavy atom. The molecular weight excluding hydrogens is 167 g/mol. The molecular formula is C6H15O4P. The van der Waals surface area contributed by atoms with Gasteiger partial charge in [0.2, 0.25) is 0 Å². The Morgan fingerprint density at radius 2 is 0.818 bits per heavy atom. The molecule has 11 heavy (non-hydrogen) atoms. The van der Waals surface area contributed by atoms with E-state index in [9.17, 15) is 0 Å². The van der Waals surface area contributed by atoms with Crippen molar-refractivity contribution < 1.29 is 19.2 Å². The molecule has 1 rings (SSSR count). The van der Waals surface area contributed by atoms with Gasteiger partial charge in [-0.1, -0.05) is 38.5 Å². The van der Waals surface area contributed by atoms with Crippen LogP contribution in [-0.4, -0.2) is 14.7 Å². The second kappa shape index (κ2) is 5.72. The maximum atomic E-state index is 8.88. The fourth-order valence-corrected chi connectivity index (χ4v) is 1.06. The first kappa shape index (κ1) is 11.1. The fraction of sp³-hybridized carbons (Fsp3) is 1.00. The fourth-order valence-electron chi connectivity index (χ4n) is 1.06. The molecule has 1 aliphatic carbocycles. The minimum atomic E-state index is -4.64. The summed E-state index contributed by atoms with van der Waals surface area (Å²) in [7, 11) is -4.64. The van der Waals surface area contributed by atoms with Crippen molar-refractivity contribution in [2.75, 3.05) is 0 Å². The van der Waals surface area contributed by atoms with Crippen molar-refractivity contribution in [1.82, 2.24) is 0 Å². The molecule has 0 aromatic rings. The van der Waals surface area contributed by atoms with E-state index >= 15 is 0 Å². The van der Waals surface area contributed by atoms with Crippen LogP contribution in [0.5, 0.6) is 0 Å². The Balaban J connectivity index is 0.000000187. The van der Waals surface area contributed by atoms with Crippen molar-refractivity contribution in [3.05, 3.63) is 0 Å². The lowest BCUT2D eigenvalue weighted by molar-refractivity contribution is 0.275. The number of phosphoric acid groups is 1. The number of hydrogen-bond donors (Lipinski definition) is 3. The lowest BCUT2D eigenvalue weighted by Gasteiger charge is -2.05. The van der Waals surface area contributed by atoms with Gasteiger partial charge < -0.3 is 14.7 Å². The Bertz CT molecular complexity index is 107. The molecule has 5 heteroatoms. The molecule has 0 atom stereocenters. The van der Waals surface area contributed by atoms with Gasteiger partial charge in [-0.25, -0.2) is 4.57 Å². The molecule has 1 saturated carbocycles. The molecule has 3 N–H and O–H groups in total. The molecule has 0 amide bonds. The van der Waals surface area contributed by atoms with E-state index in [2.05, 4.69) is 0 Å². The van der Waals surface area contributed by atoms with E-state index in [1.807, 2.05) is 0 Å². The molecule has 4 nitrogen and oxygen atoms in total. The highest BCUT2D eigenvalue weighted by Gasteiger charge is 2.00. The molecule has 1 fully saturated rings. The molecule has 0 saturated heterocycles. The lowest BCUT2D eigenvalue weighted by atomic mass is 10.0. The summed E-state index contributed by atoms with van der Waals surface area (Å²) in [6.45, 7) is 0. The predicted molar refractivity (Wildman–Crippen MR) is 42.0 cm³/mol. The first-order chi connectivity index (χ1) is 5.00. The van der Waals surface area contributed by atoms with Gasteiger partial charge in [0.15, 0.2) is 0 Å². The SMILES string of the molecule is C1CCCCC1.O=P(O)(O)O. The smallest absolute Gasteiger partial charge is 0.303 e. The van der Waals surface area contributed by atoms with Crippen molar-refractivity contribution in [1.29, 1.82) is 0 Å². The molecule has 0 unspecified atom stereocenters. The highest BCUT2D eigenvalue weighted by Crippen LogP contribution is 2.25. The Morgan fingerprint density at radius 1 is 0.727 bits per heavy atom. The van der Waals surface area contributed by atoms with Gasteiger partial charge in [0.25, 0.3) is 0 Å². The third-order valence-electron chi connectivity index (χ3n) is 1.50. The molecule has 0 spiro atoms. The number of hydrogen-bond acceptors (Lipinski definition) is 1. The van der Waals surface area contributed by atoms with Crippen LogP contribution in [-0.2, 0) is 4.57 Å². The van der Waals surface area contributed by atoms with Gasteiger partial charge in [0.05, 0.1) is 0 Å². The normalized spacial score (nSPS) is 18.5. The van der Waals surface area contributed by atoms with Crippen LogP contribution < -0.4 is 0 Å². The minimum Gasteiger partial charge on any atom is -0.303 e. The van der Waals surface area contributed by atoms with Crippen LogP contribution in [0.15, 0.2) is 0 Å². The van der Waals surface area contributed by atoms with Crippen LogP contribution in [0.1, 0.15) is 38.5 Å². The van der Waals surface area contributed by atoms with Crippen LogP contribution >= 0.6 is 7.82 Å². The van der Waals surface area contributed by atoms with Crippen LogP contribution in [0.2, 0.25) is 0 Å². The van der Waals surface area contributed by atoms with Crippen LogP contribution in [0.3, 0.4) is 0 Å². The maximum absolute atomic E-state index is 8.88. The van der Waals surface area contributed by atoms with Gasteiger partial charge in [0.1, 0.15) is 0 Å². The molecule has 0 radical (unpaired) electrons. The monoisotopic (exact) mass is 182 g/mol. The van der Waals surface area contributed by atoms with Gasteiger partial charge in [-0.2, -0.15) is 0 Å². The first-order valence-electron chi connectivity index (χ1n) is 3.78. The average Bonchev–Trinajstić information content (AvgIpc) is 1.88. The Labute approximate surface area is 66.5 Å². The standard InChI is InChI=1S/C6H12.H3O4P/c1-2-4-6-5-3-1;1-5(2,3)4/h1-6H2;(H3,1,2,3,4). The van der Waals surface area contributed by atoms with Crippen LogP contribution in [0.25, 0.3) is 0 Å². The molecule has 1 aliphatic rings. The lowest BCUT2D eigenvalue weighted by Crippen LogP contribution is -1.85. The topological polar surface area (TPSA) is 77.8 Å². The van der Waals surface area contributed by atoms with Gasteiger partial charge >= 0.3 is 7.82 Å². The van der Waals surface area contributed by atoms with E-state index in [4.69, 9.17) is 19.2 Å². The van der Waals surface area contributed by atoms with E-state index in [-0.39, 0.29) is 0 Å². The van der Waals surface area contributed by atoms with Crippen molar-refractivity contribution in [2.24, 2.45) is 0 Å². The van der Waals surface area contributed by atoms with Crippen molar-refractivity contribution in [3.8, 4) is 0 Å². The van der Waals surface area contributed by atoms with Gasteiger partial charge in [-0.15, -0.1) is 0 Å². The largest absolute Gasteiger partial charge is 0.466 e. The van der Waals surface area contributed by atoms with E-state index in [0.717, 1.165) is 0 Å². The second-order valence-electron chi connectivity index (χ2n) is 2.63. The zero-order valence-electron chi connectivity index (χ0n) is 6.44. The van der Waals surface area contributed by atoms with Gasteiger partial charge in [0, 0.05) is 0 Å². The van der Waals surface area contributed by atoms with Crippen molar-refractivity contribution in [3.63, 3.8) is 0 Å². The molecule has 0 aromatic heterocycles. The van der Waals surface area contributed by atoms with Gasteiger partial charge in [-0.3, -0.25) is 0 Å². The van der Waals surface area contributed by atoms with Crippen LogP contribution in [0, 0.1) is 0 Å². The quantitative estimate of drug-likeness (QED) is 0.495. The average molecular weight is 182 g/mol. The maximum Gasteiger partial charge on any atom is 0.466 e. The van der Waals surface area contributed by atoms with E-state index < -0.39 is 7.82 Å². The highest BCUT2D eigenvalue weighted by atomic mass is 31.2. The first-order valence-corrected chi connectivity index (χ1v) is 5.35. The third-order valence-corrected chi connectivity index (χ3v) is 1.50. The molecule has 0 aromatic carbocycles. The zero-order valence-corrected chi connectivity index (χ0v) is 7.33. The second-order valence-corrected chi connectivity index (χ2v) is 3.66. The summed E-state index contributed by atoms with van der Waals surface area (Å²) in [4.78, 5) is 21.6. The summed E-state index contributed by atoms with van der Waals surface area (Å²) in [5.74, 6) is 0. The van der Waals surface area contributed by atoms with E-state index in [1.165, 1.54) is 38.5 Å². The summed E-state index contributed by atoms with van der Waals surface area (Å²) in [6, 6.07) is 0. The Hall–Kier alpha value is 0.110. The van der Waals surface area contributed by atoms with Crippen molar-refractivity contribution in [2.45, 2.75) is 38.5 Å². The Kier molecular flexibility index (Phi) is 5.78.